The molecule has 1 aromatic rings. The van der Waals surface area contributed by atoms with Crippen LogP contribution in [-0.4, -0.2) is 30.2 Å². The lowest BCUT2D eigenvalue weighted by atomic mass is 10.1. The van der Waals surface area contributed by atoms with Crippen molar-refractivity contribution >= 4 is 10.8 Å². The zero-order valence-corrected chi connectivity index (χ0v) is 14.7. The van der Waals surface area contributed by atoms with Crippen molar-refractivity contribution in [2.45, 2.75) is 49.2 Å². The first-order valence-corrected chi connectivity index (χ1v) is 8.80. The monoisotopic (exact) mass is 349 g/mol. The molecular weight excluding hydrogens is 324 g/mol. The molecule has 0 aromatic heterocycles. The van der Waals surface area contributed by atoms with E-state index in [0.717, 1.165) is 12.0 Å². The van der Waals surface area contributed by atoms with Crippen LogP contribution in [0.3, 0.4) is 0 Å². The summed E-state index contributed by atoms with van der Waals surface area (Å²) in [4.78, 5) is -0.0494. The molecular formula is C16H25F2NO3S. The number of benzene rings is 1. The Morgan fingerprint density at radius 3 is 2.35 bits per heavy atom. The molecule has 1 unspecified atom stereocenters. The minimum absolute atomic E-state index is 0.0494. The largest absolute Gasteiger partial charge is 0.496 e. The average Bonchev–Trinajstić information content (AvgIpc) is 2.54. The van der Waals surface area contributed by atoms with Crippen LogP contribution in [0, 0.1) is 0 Å². The lowest BCUT2D eigenvalue weighted by Gasteiger charge is -2.19. The molecule has 23 heavy (non-hydrogen) atoms. The number of halogens is 2. The van der Waals surface area contributed by atoms with Crippen molar-refractivity contribution in [1.82, 2.24) is 0 Å². The first kappa shape index (κ1) is 19.8. The number of rotatable bonds is 10. The Labute approximate surface area is 138 Å². The molecule has 1 aromatic carbocycles. The molecule has 4 nitrogen and oxygen atoms in total. The Balaban J connectivity index is 3.16. The van der Waals surface area contributed by atoms with Gasteiger partial charge in [-0.3, -0.25) is 0 Å². The minimum Gasteiger partial charge on any atom is -0.496 e. The fourth-order valence-electron chi connectivity index (χ4n) is 2.26. The average molecular weight is 349 g/mol. The van der Waals surface area contributed by atoms with E-state index >= 15 is 0 Å². The zero-order chi connectivity index (χ0) is 17.5. The quantitative estimate of drug-likeness (QED) is 0.657. The Morgan fingerprint density at radius 2 is 1.83 bits per heavy atom. The van der Waals surface area contributed by atoms with Gasteiger partial charge in [-0.25, -0.2) is 4.21 Å². The van der Waals surface area contributed by atoms with Gasteiger partial charge in [0.1, 0.15) is 22.3 Å². The zero-order valence-electron chi connectivity index (χ0n) is 13.9. The van der Waals surface area contributed by atoms with E-state index < -0.39 is 22.5 Å². The van der Waals surface area contributed by atoms with Crippen molar-refractivity contribution in [2.24, 2.45) is 5.73 Å². The molecule has 1 atom stereocenters. The fourth-order valence-corrected chi connectivity index (χ4v) is 3.45. The van der Waals surface area contributed by atoms with Gasteiger partial charge in [-0.2, -0.15) is 8.78 Å². The van der Waals surface area contributed by atoms with Crippen LogP contribution in [0.25, 0.3) is 0 Å². The Bertz CT molecular complexity index is 538. The summed E-state index contributed by atoms with van der Waals surface area (Å²) in [6.45, 7) is 2.31. The highest BCUT2D eigenvalue weighted by atomic mass is 32.2. The Hall–Kier alpha value is -1.21. The molecule has 2 N–H and O–H groups in total. The maximum Gasteiger partial charge on any atom is 0.325 e. The first-order chi connectivity index (χ1) is 10.9. The third-order valence-corrected chi connectivity index (χ3v) is 4.99. The van der Waals surface area contributed by atoms with Crippen LogP contribution in [0.15, 0.2) is 17.0 Å². The van der Waals surface area contributed by atoms with Gasteiger partial charge in [0.25, 0.3) is 0 Å². The van der Waals surface area contributed by atoms with E-state index in [1.165, 1.54) is 20.3 Å². The summed E-state index contributed by atoms with van der Waals surface area (Å²) in [6.07, 6.45) is 1.94. The number of hydrogen-bond acceptors (Lipinski definition) is 4. The van der Waals surface area contributed by atoms with E-state index in [4.69, 9.17) is 15.2 Å². The lowest BCUT2D eigenvalue weighted by molar-refractivity contribution is 0.0854. The third-order valence-electron chi connectivity index (χ3n) is 3.52. The molecule has 0 saturated heterocycles. The summed E-state index contributed by atoms with van der Waals surface area (Å²) in [6, 6.07) is 2.94. The smallest absolute Gasteiger partial charge is 0.325 e. The van der Waals surface area contributed by atoms with Gasteiger partial charge in [-0.15, -0.1) is 0 Å². The van der Waals surface area contributed by atoms with Crippen molar-refractivity contribution in [3.05, 3.63) is 17.7 Å². The van der Waals surface area contributed by atoms with Gasteiger partial charge in [0, 0.05) is 12.5 Å². The van der Waals surface area contributed by atoms with Crippen LogP contribution in [0.2, 0.25) is 0 Å². The highest BCUT2D eigenvalue weighted by Gasteiger charge is 2.39. The summed E-state index contributed by atoms with van der Waals surface area (Å²) in [5.74, 6) is 0.562. The van der Waals surface area contributed by atoms with Crippen LogP contribution < -0.4 is 15.2 Å². The number of hydrogen-bond donors (Lipinski definition) is 1. The third kappa shape index (κ3) is 5.14. The summed E-state index contributed by atoms with van der Waals surface area (Å²) >= 11 is 0. The summed E-state index contributed by atoms with van der Waals surface area (Å²) < 4.78 is 51.2. The number of ether oxygens (including phenoxy) is 2. The molecule has 0 aliphatic carbocycles. The number of methoxy groups -OCH3 is 2. The minimum atomic E-state index is -3.30. The Kier molecular flexibility index (Phi) is 7.91. The van der Waals surface area contributed by atoms with Crippen LogP contribution in [0.4, 0.5) is 8.78 Å². The SMILES string of the molecule is CCCCCC(F)(F)S(=O)c1cc(OC)c(CCN)cc1OC. The van der Waals surface area contributed by atoms with Gasteiger partial charge < -0.3 is 15.2 Å². The van der Waals surface area contributed by atoms with Crippen molar-refractivity contribution in [1.29, 1.82) is 0 Å². The summed E-state index contributed by atoms with van der Waals surface area (Å²) in [7, 11) is 0.301. The van der Waals surface area contributed by atoms with Crippen LogP contribution in [0.5, 0.6) is 11.5 Å². The molecule has 1 rings (SSSR count). The van der Waals surface area contributed by atoms with Gasteiger partial charge in [0.05, 0.1) is 19.1 Å². The standard InChI is InChI=1S/C16H25F2NO3S/c1-4-5-6-8-16(17,18)23(20)15-11-13(21-2)12(7-9-19)10-14(15)22-3/h10-11H,4-9,19H2,1-3H3. The fraction of sp³-hybridized carbons (Fsp3) is 0.625. The molecule has 0 radical (unpaired) electrons. The highest BCUT2D eigenvalue weighted by molar-refractivity contribution is 7.86. The molecule has 0 bridgehead atoms. The van der Waals surface area contributed by atoms with Gasteiger partial charge in [-0.1, -0.05) is 19.8 Å². The van der Waals surface area contributed by atoms with Crippen LogP contribution in [-0.2, 0) is 17.2 Å². The van der Waals surface area contributed by atoms with Crippen molar-refractivity contribution < 1.29 is 22.5 Å². The number of nitrogens with two attached hydrogens (primary N) is 1. The maximum absolute atomic E-state index is 14.2. The Morgan fingerprint density at radius 1 is 1.17 bits per heavy atom. The van der Waals surface area contributed by atoms with Gasteiger partial charge in [-0.05, 0) is 31.0 Å². The van der Waals surface area contributed by atoms with Crippen molar-refractivity contribution in [3.63, 3.8) is 0 Å². The van der Waals surface area contributed by atoms with Crippen LogP contribution in [0.1, 0.15) is 38.2 Å². The predicted octanol–water partition coefficient (Wildman–Crippen LogP) is 3.49. The molecule has 0 fully saturated rings. The molecule has 0 spiro atoms. The van der Waals surface area contributed by atoms with E-state index in [9.17, 15) is 13.0 Å². The van der Waals surface area contributed by atoms with Gasteiger partial charge in [0.15, 0.2) is 0 Å². The molecule has 0 aliphatic rings. The molecule has 132 valence electrons. The molecule has 7 heteroatoms. The number of unbranched alkanes of at least 4 members (excludes halogenated alkanes) is 2. The van der Waals surface area contributed by atoms with Crippen molar-refractivity contribution in [2.75, 3.05) is 20.8 Å². The molecule has 0 saturated carbocycles. The second-order valence-corrected chi connectivity index (χ2v) is 6.79. The summed E-state index contributed by atoms with van der Waals surface area (Å²) in [5.41, 5.74) is 6.27. The molecule has 0 aliphatic heterocycles. The summed E-state index contributed by atoms with van der Waals surface area (Å²) in [5, 5.41) is -3.30. The van der Waals surface area contributed by atoms with Gasteiger partial charge >= 0.3 is 5.25 Å². The first-order valence-electron chi connectivity index (χ1n) is 7.65. The maximum atomic E-state index is 14.2. The van der Waals surface area contributed by atoms with Gasteiger partial charge in [0.2, 0.25) is 0 Å². The second kappa shape index (κ2) is 9.17. The number of alkyl halides is 2. The van der Waals surface area contributed by atoms with E-state index in [1.807, 2.05) is 6.92 Å². The normalized spacial score (nSPS) is 13.0. The van der Waals surface area contributed by atoms with Crippen LogP contribution >= 0.6 is 0 Å². The van der Waals surface area contributed by atoms with E-state index in [1.54, 1.807) is 6.07 Å². The predicted molar refractivity (Wildman–Crippen MR) is 87.8 cm³/mol. The second-order valence-electron chi connectivity index (χ2n) is 5.22. The van der Waals surface area contributed by atoms with E-state index in [2.05, 4.69) is 0 Å². The van der Waals surface area contributed by atoms with Crippen molar-refractivity contribution in [3.8, 4) is 11.5 Å². The topological polar surface area (TPSA) is 61.5 Å². The van der Waals surface area contributed by atoms with E-state index in [-0.39, 0.29) is 10.6 Å². The van der Waals surface area contributed by atoms with E-state index in [0.29, 0.717) is 31.6 Å². The molecule has 0 heterocycles. The lowest BCUT2D eigenvalue weighted by Crippen LogP contribution is -2.23. The highest BCUT2D eigenvalue weighted by Crippen LogP contribution is 2.38. The molecule has 0 amide bonds.